The average Bonchev–Trinajstić information content (AvgIpc) is 3.37. The molecule has 1 amide bonds. The fourth-order valence-corrected chi connectivity index (χ4v) is 10.3. The molecule has 0 aromatic heterocycles. The predicted octanol–water partition coefficient (Wildman–Crippen LogP) is 19.9. The molecular formula is C65H126N2O7P+. The SMILES string of the molecule is CCCCCC/C=C\CCCCCCCCCC(=O)OC(/C=C\CCCCCCCCCCCCC)C(COP(=O)(O)OCC[N+](C)(C)C)NC(=O)CCCCCCCCCCCCC/C=C/CCCCCCCC. The summed E-state index contributed by atoms with van der Waals surface area (Å²) >= 11 is 0. The van der Waals surface area contributed by atoms with Gasteiger partial charge in [-0.2, -0.15) is 0 Å². The van der Waals surface area contributed by atoms with E-state index in [1.54, 1.807) is 0 Å². The lowest BCUT2D eigenvalue weighted by Gasteiger charge is -2.27. The highest BCUT2D eigenvalue weighted by atomic mass is 31.2. The summed E-state index contributed by atoms with van der Waals surface area (Å²) in [6.45, 7) is 7.03. The molecule has 2 N–H and O–H groups in total. The Hall–Kier alpha value is -1.77. The van der Waals surface area contributed by atoms with Gasteiger partial charge in [0.15, 0.2) is 0 Å². The second-order valence-electron chi connectivity index (χ2n) is 23.3. The van der Waals surface area contributed by atoms with Crippen molar-refractivity contribution in [3.63, 3.8) is 0 Å². The molecule has 3 unspecified atom stereocenters. The molecule has 0 aliphatic heterocycles. The molecule has 0 bridgehead atoms. The molecule has 0 saturated heterocycles. The van der Waals surface area contributed by atoms with E-state index in [9.17, 15) is 19.0 Å². The summed E-state index contributed by atoms with van der Waals surface area (Å²) in [6.07, 6.45) is 67.1. The fourth-order valence-electron chi connectivity index (χ4n) is 9.52. The van der Waals surface area contributed by atoms with Crippen LogP contribution in [0.5, 0.6) is 0 Å². The Balaban J connectivity index is 5.20. The predicted molar refractivity (Wildman–Crippen MR) is 323 cm³/mol. The minimum atomic E-state index is -4.45. The number of phosphoric acid groups is 1. The smallest absolute Gasteiger partial charge is 0.456 e. The topological polar surface area (TPSA) is 111 Å². The largest absolute Gasteiger partial charge is 0.472 e. The third-order valence-electron chi connectivity index (χ3n) is 14.6. The van der Waals surface area contributed by atoms with Crippen LogP contribution in [0, 0.1) is 0 Å². The van der Waals surface area contributed by atoms with Gasteiger partial charge in [0.2, 0.25) is 5.91 Å². The van der Waals surface area contributed by atoms with Crippen LogP contribution < -0.4 is 5.32 Å². The maximum absolute atomic E-state index is 13.6. The zero-order chi connectivity index (χ0) is 55.0. The van der Waals surface area contributed by atoms with Gasteiger partial charge in [0.25, 0.3) is 0 Å². The van der Waals surface area contributed by atoms with E-state index in [-0.39, 0.29) is 31.5 Å². The number of quaternary nitrogens is 1. The number of carbonyl (C=O) groups is 2. The molecule has 0 saturated carbocycles. The van der Waals surface area contributed by atoms with Gasteiger partial charge >= 0.3 is 13.8 Å². The third kappa shape index (κ3) is 56.8. The average molecular weight is 1080 g/mol. The molecule has 0 spiro atoms. The second kappa shape index (κ2) is 55.5. The maximum atomic E-state index is 13.6. The van der Waals surface area contributed by atoms with Gasteiger partial charge < -0.3 is 19.4 Å². The van der Waals surface area contributed by atoms with E-state index in [1.807, 2.05) is 33.3 Å². The van der Waals surface area contributed by atoms with Crippen molar-refractivity contribution in [1.29, 1.82) is 0 Å². The van der Waals surface area contributed by atoms with Crippen LogP contribution in [0.1, 0.15) is 316 Å². The number of carbonyl (C=O) groups excluding carboxylic acids is 2. The normalized spacial score (nSPS) is 13.9. The van der Waals surface area contributed by atoms with Gasteiger partial charge in [-0.25, -0.2) is 4.57 Å². The first-order valence-corrected chi connectivity index (χ1v) is 33.8. The Morgan fingerprint density at radius 1 is 0.453 bits per heavy atom. The lowest BCUT2D eigenvalue weighted by molar-refractivity contribution is -0.870. The highest BCUT2D eigenvalue weighted by molar-refractivity contribution is 7.47. The molecule has 0 aromatic carbocycles. The van der Waals surface area contributed by atoms with E-state index in [1.165, 1.54) is 225 Å². The zero-order valence-electron chi connectivity index (χ0n) is 50.6. The zero-order valence-corrected chi connectivity index (χ0v) is 51.5. The lowest BCUT2D eigenvalue weighted by atomic mass is 10.0. The lowest BCUT2D eigenvalue weighted by Crippen LogP contribution is -2.47. The van der Waals surface area contributed by atoms with E-state index in [0.717, 1.165) is 57.8 Å². The molecule has 3 atom stereocenters. The molecular weight excluding hydrogens is 952 g/mol. The number of rotatable bonds is 59. The third-order valence-corrected chi connectivity index (χ3v) is 15.5. The number of likely N-dealkylation sites (N-methyl/N-ethyl adjacent to an activating group) is 1. The Labute approximate surface area is 466 Å². The van der Waals surface area contributed by atoms with E-state index in [2.05, 4.69) is 50.4 Å². The number of esters is 1. The highest BCUT2D eigenvalue weighted by Crippen LogP contribution is 2.43. The standard InChI is InChI=1S/C65H125N2O7P/c1-7-10-13-16-19-22-25-28-30-31-32-33-34-35-37-39-42-45-48-51-54-57-64(68)66-62(61-73-75(70,71)72-60-59-67(4,5)6)63(56-53-50-47-44-41-38-27-24-21-18-15-12-9-3)74-65(69)58-55-52-49-46-43-40-36-29-26-23-20-17-14-11-8-2/h23,26,28,30,53,56,62-63H,7-22,24-25,27,29,31-52,54-55,57-61H2,1-6H3,(H-,66,68,70,71)/p+1/b26-23-,30-28+,56-53-. The highest BCUT2D eigenvalue weighted by Gasteiger charge is 2.30. The second-order valence-corrected chi connectivity index (χ2v) is 24.7. The summed E-state index contributed by atoms with van der Waals surface area (Å²) in [5, 5.41) is 3.07. The van der Waals surface area contributed by atoms with Gasteiger partial charge in [-0.15, -0.1) is 0 Å². The summed E-state index contributed by atoms with van der Waals surface area (Å²) in [5.74, 6) is -0.498. The number of hydrogen-bond acceptors (Lipinski definition) is 6. The van der Waals surface area contributed by atoms with Crippen LogP contribution in [0.3, 0.4) is 0 Å². The van der Waals surface area contributed by atoms with Crippen molar-refractivity contribution in [2.75, 3.05) is 40.9 Å². The molecule has 442 valence electrons. The van der Waals surface area contributed by atoms with E-state index < -0.39 is 20.0 Å². The number of allylic oxidation sites excluding steroid dienone is 5. The molecule has 9 nitrogen and oxygen atoms in total. The summed E-state index contributed by atoms with van der Waals surface area (Å²) < 4.78 is 30.7. The summed E-state index contributed by atoms with van der Waals surface area (Å²) in [6, 6.07) is -0.847. The summed E-state index contributed by atoms with van der Waals surface area (Å²) in [4.78, 5) is 37.7. The fraction of sp³-hybridized carbons (Fsp3) is 0.877. The van der Waals surface area contributed by atoms with Crippen molar-refractivity contribution >= 4 is 19.7 Å². The molecule has 0 radical (unpaired) electrons. The number of nitrogens with one attached hydrogen (secondary N) is 1. The van der Waals surface area contributed by atoms with Crippen LogP contribution >= 0.6 is 7.82 Å². The van der Waals surface area contributed by atoms with Crippen molar-refractivity contribution in [1.82, 2.24) is 5.32 Å². The molecule has 0 heterocycles. The number of phosphoric ester groups is 1. The monoisotopic (exact) mass is 1080 g/mol. The van der Waals surface area contributed by atoms with E-state index >= 15 is 0 Å². The summed E-state index contributed by atoms with van der Waals surface area (Å²) in [7, 11) is 1.50. The molecule has 0 fully saturated rings. The Morgan fingerprint density at radius 3 is 1.15 bits per heavy atom. The number of nitrogens with zero attached hydrogens (tertiary/aromatic N) is 1. The van der Waals surface area contributed by atoms with Crippen LogP contribution in [0.2, 0.25) is 0 Å². The molecule has 75 heavy (non-hydrogen) atoms. The van der Waals surface area contributed by atoms with Gasteiger partial charge in [0, 0.05) is 12.8 Å². The minimum Gasteiger partial charge on any atom is -0.456 e. The quantitative estimate of drug-likeness (QED) is 0.0205. The van der Waals surface area contributed by atoms with Gasteiger partial charge in [-0.05, 0) is 83.1 Å². The maximum Gasteiger partial charge on any atom is 0.472 e. The van der Waals surface area contributed by atoms with Gasteiger partial charge in [-0.1, -0.05) is 257 Å². The number of amides is 1. The van der Waals surface area contributed by atoms with Gasteiger partial charge in [0.1, 0.15) is 19.3 Å². The molecule has 10 heteroatoms. The van der Waals surface area contributed by atoms with Crippen LogP contribution in [0.4, 0.5) is 0 Å². The Kier molecular flexibility index (Phi) is 54.2. The first-order valence-electron chi connectivity index (χ1n) is 32.3. The molecule has 0 rings (SSSR count). The first kappa shape index (κ1) is 73.2. The van der Waals surface area contributed by atoms with E-state index in [4.69, 9.17) is 13.8 Å². The van der Waals surface area contributed by atoms with Crippen molar-refractivity contribution in [2.24, 2.45) is 0 Å². The van der Waals surface area contributed by atoms with E-state index in [0.29, 0.717) is 17.4 Å². The Bertz CT molecular complexity index is 1380. The number of ether oxygens (including phenoxy) is 1. The molecule has 0 aromatic rings. The summed E-state index contributed by atoms with van der Waals surface area (Å²) in [5.41, 5.74) is 0. The Morgan fingerprint density at radius 2 is 0.773 bits per heavy atom. The van der Waals surface area contributed by atoms with Crippen LogP contribution in [0.25, 0.3) is 0 Å². The van der Waals surface area contributed by atoms with Crippen LogP contribution in [-0.2, 0) is 27.9 Å². The van der Waals surface area contributed by atoms with Crippen molar-refractivity contribution in [3.05, 3.63) is 36.5 Å². The van der Waals surface area contributed by atoms with Crippen molar-refractivity contribution < 1.29 is 37.3 Å². The minimum absolute atomic E-state index is 0.0413. The number of unbranched alkanes of at least 4 members (excludes halogenated alkanes) is 39. The van der Waals surface area contributed by atoms with Crippen molar-refractivity contribution in [2.45, 2.75) is 328 Å². The van der Waals surface area contributed by atoms with Crippen LogP contribution in [-0.4, -0.2) is 74.3 Å². The van der Waals surface area contributed by atoms with Crippen molar-refractivity contribution in [3.8, 4) is 0 Å². The van der Waals surface area contributed by atoms with Gasteiger partial charge in [-0.3, -0.25) is 18.6 Å². The molecule has 0 aliphatic rings. The first-order chi connectivity index (χ1) is 36.4. The van der Waals surface area contributed by atoms with Crippen LogP contribution in [0.15, 0.2) is 36.5 Å². The van der Waals surface area contributed by atoms with Gasteiger partial charge in [0.05, 0.1) is 33.8 Å². The number of hydrogen-bond donors (Lipinski definition) is 2. The molecule has 0 aliphatic carbocycles.